The van der Waals surface area contributed by atoms with Crippen LogP contribution >= 0.6 is 11.6 Å². The molecule has 0 aliphatic heterocycles. The van der Waals surface area contributed by atoms with E-state index in [1.807, 2.05) is 0 Å². The average Bonchev–Trinajstić information content (AvgIpc) is 2.68. The Balaban J connectivity index is 2.00. The molecule has 0 radical (unpaired) electrons. The van der Waals surface area contributed by atoms with Gasteiger partial charge in [-0.1, -0.05) is 25.4 Å². The third-order valence-electron chi connectivity index (χ3n) is 4.21. The molecule has 0 unspecified atom stereocenters. The fourth-order valence-electron chi connectivity index (χ4n) is 2.51. The number of carbonyl (C=O) groups is 3. The second-order valence-corrected chi connectivity index (χ2v) is 7.53. The molecule has 166 valence electrons. The summed E-state index contributed by atoms with van der Waals surface area (Å²) < 4.78 is 38.8. The van der Waals surface area contributed by atoms with Crippen LogP contribution in [-0.2, 0) is 15.8 Å². The number of hydrogen-bond donors (Lipinski definition) is 2. The molecule has 0 aliphatic rings. The third-order valence-corrected chi connectivity index (χ3v) is 4.54. The highest BCUT2D eigenvalue weighted by Gasteiger charge is 2.33. The monoisotopic (exact) mass is 455 g/mol. The minimum atomic E-state index is -4.66. The van der Waals surface area contributed by atoms with Crippen molar-refractivity contribution in [3.8, 4) is 0 Å². The lowest BCUT2D eigenvalue weighted by Crippen LogP contribution is -2.35. The first kappa shape index (κ1) is 24.2. The molecule has 2 aromatic carbocycles. The van der Waals surface area contributed by atoms with E-state index in [2.05, 4.69) is 10.6 Å². The van der Waals surface area contributed by atoms with E-state index in [9.17, 15) is 27.6 Å². The first-order valence-corrected chi connectivity index (χ1v) is 9.59. The Kier molecular flexibility index (Phi) is 7.67. The maximum Gasteiger partial charge on any atom is 0.417 e. The standard InChI is InChI=1S/C21H21ClF3N3O3/c1-12(2)19(30)27-14-6-4-13(5-7-14)20(31)28(3)11-18(29)26-15-8-9-17(22)16(10-15)21(23,24)25/h4-10,12H,11H2,1-3H3,(H,26,29)(H,27,30). The first-order valence-electron chi connectivity index (χ1n) is 9.21. The van der Waals surface area contributed by atoms with Gasteiger partial charge in [0.05, 0.1) is 17.1 Å². The molecule has 2 N–H and O–H groups in total. The van der Waals surface area contributed by atoms with Crippen molar-refractivity contribution in [1.29, 1.82) is 0 Å². The molecule has 6 nitrogen and oxygen atoms in total. The molecule has 3 amide bonds. The van der Waals surface area contributed by atoms with Gasteiger partial charge in [0.2, 0.25) is 11.8 Å². The molecule has 0 saturated heterocycles. The maximum absolute atomic E-state index is 12.9. The highest BCUT2D eigenvalue weighted by atomic mass is 35.5. The van der Waals surface area contributed by atoms with Gasteiger partial charge in [0, 0.05) is 29.9 Å². The minimum Gasteiger partial charge on any atom is -0.332 e. The Morgan fingerprint density at radius 1 is 1.00 bits per heavy atom. The van der Waals surface area contributed by atoms with Gasteiger partial charge in [-0.15, -0.1) is 0 Å². The van der Waals surface area contributed by atoms with Crippen molar-refractivity contribution in [2.45, 2.75) is 20.0 Å². The van der Waals surface area contributed by atoms with Crippen molar-refractivity contribution >= 4 is 40.7 Å². The van der Waals surface area contributed by atoms with Gasteiger partial charge < -0.3 is 15.5 Å². The molecule has 0 aromatic heterocycles. The van der Waals surface area contributed by atoms with Gasteiger partial charge in [0.25, 0.3) is 5.91 Å². The van der Waals surface area contributed by atoms with E-state index in [1.165, 1.54) is 25.2 Å². The minimum absolute atomic E-state index is 0.0900. The number of benzene rings is 2. The Morgan fingerprint density at radius 2 is 1.58 bits per heavy atom. The summed E-state index contributed by atoms with van der Waals surface area (Å²) >= 11 is 5.56. The number of rotatable bonds is 6. The predicted molar refractivity (Wildman–Crippen MR) is 112 cm³/mol. The van der Waals surface area contributed by atoms with Crippen molar-refractivity contribution in [1.82, 2.24) is 4.90 Å². The molecular formula is C21H21ClF3N3O3. The highest BCUT2D eigenvalue weighted by Crippen LogP contribution is 2.36. The number of anilines is 2. The molecule has 0 fully saturated rings. The van der Waals surface area contributed by atoms with E-state index in [-0.39, 0.29) is 29.6 Å². The lowest BCUT2D eigenvalue weighted by Gasteiger charge is -2.18. The second kappa shape index (κ2) is 9.82. The molecule has 0 bridgehead atoms. The summed E-state index contributed by atoms with van der Waals surface area (Å²) in [5, 5.41) is 4.54. The molecule has 31 heavy (non-hydrogen) atoms. The number of likely N-dealkylation sites (N-methyl/N-ethyl adjacent to an activating group) is 1. The van der Waals surface area contributed by atoms with E-state index in [4.69, 9.17) is 11.6 Å². The quantitative estimate of drug-likeness (QED) is 0.664. The lowest BCUT2D eigenvalue weighted by atomic mass is 10.1. The maximum atomic E-state index is 12.9. The molecule has 0 spiro atoms. The number of nitrogens with one attached hydrogen (secondary N) is 2. The van der Waals surface area contributed by atoms with Crippen molar-refractivity contribution < 1.29 is 27.6 Å². The Bertz CT molecular complexity index is 976. The molecule has 10 heteroatoms. The van der Waals surface area contributed by atoms with Crippen LogP contribution in [0.3, 0.4) is 0 Å². The van der Waals surface area contributed by atoms with Gasteiger partial charge >= 0.3 is 6.18 Å². The average molecular weight is 456 g/mol. The van der Waals surface area contributed by atoms with Crippen LogP contribution in [0.1, 0.15) is 29.8 Å². The predicted octanol–water partition coefficient (Wildman–Crippen LogP) is 4.66. The van der Waals surface area contributed by atoms with E-state index < -0.39 is 28.6 Å². The summed E-state index contributed by atoms with van der Waals surface area (Å²) in [6.07, 6.45) is -4.66. The van der Waals surface area contributed by atoms with Crippen LogP contribution in [-0.4, -0.2) is 36.2 Å². The SMILES string of the molecule is CC(C)C(=O)Nc1ccc(C(=O)N(C)CC(=O)Nc2ccc(Cl)c(C(F)(F)F)c2)cc1. The smallest absolute Gasteiger partial charge is 0.332 e. The van der Waals surface area contributed by atoms with Crippen molar-refractivity contribution in [2.75, 3.05) is 24.2 Å². The first-order chi connectivity index (χ1) is 14.4. The second-order valence-electron chi connectivity index (χ2n) is 7.12. The van der Waals surface area contributed by atoms with Crippen LogP contribution in [0.5, 0.6) is 0 Å². The number of nitrogens with zero attached hydrogens (tertiary/aromatic N) is 1. The van der Waals surface area contributed by atoms with Gasteiger partial charge in [-0.25, -0.2) is 0 Å². The highest BCUT2D eigenvalue weighted by molar-refractivity contribution is 6.31. The van der Waals surface area contributed by atoms with Crippen LogP contribution in [0.15, 0.2) is 42.5 Å². The van der Waals surface area contributed by atoms with Gasteiger partial charge in [0.1, 0.15) is 0 Å². The fourth-order valence-corrected chi connectivity index (χ4v) is 2.74. The summed E-state index contributed by atoms with van der Waals surface area (Å²) in [5.74, 6) is -1.50. The summed E-state index contributed by atoms with van der Waals surface area (Å²) in [7, 11) is 1.39. The Labute approximate surface area is 182 Å². The normalized spacial score (nSPS) is 11.2. The van der Waals surface area contributed by atoms with Gasteiger partial charge in [0.15, 0.2) is 0 Å². The van der Waals surface area contributed by atoms with Crippen LogP contribution in [0.25, 0.3) is 0 Å². The topological polar surface area (TPSA) is 78.5 Å². The number of carbonyl (C=O) groups excluding carboxylic acids is 3. The summed E-state index contributed by atoms with van der Waals surface area (Å²) in [6, 6.07) is 9.13. The summed E-state index contributed by atoms with van der Waals surface area (Å²) in [6.45, 7) is 3.12. The fraction of sp³-hybridized carbons (Fsp3) is 0.286. The molecule has 0 saturated carbocycles. The molecule has 0 atom stereocenters. The summed E-state index contributed by atoms with van der Waals surface area (Å²) in [4.78, 5) is 37.5. The van der Waals surface area contributed by atoms with Crippen LogP contribution in [0.2, 0.25) is 5.02 Å². The zero-order valence-corrected chi connectivity index (χ0v) is 17.8. The van der Waals surface area contributed by atoms with Gasteiger partial charge in [-0.05, 0) is 42.5 Å². The van der Waals surface area contributed by atoms with E-state index >= 15 is 0 Å². The Morgan fingerprint density at radius 3 is 2.13 bits per heavy atom. The van der Waals surface area contributed by atoms with Crippen molar-refractivity contribution in [3.05, 3.63) is 58.6 Å². The van der Waals surface area contributed by atoms with Crippen molar-refractivity contribution in [3.63, 3.8) is 0 Å². The number of amides is 3. The molecule has 0 aliphatic carbocycles. The van der Waals surface area contributed by atoms with Crippen LogP contribution in [0.4, 0.5) is 24.5 Å². The van der Waals surface area contributed by atoms with E-state index in [0.29, 0.717) is 5.69 Å². The molecule has 2 aromatic rings. The number of hydrogen-bond acceptors (Lipinski definition) is 3. The van der Waals surface area contributed by atoms with Crippen molar-refractivity contribution in [2.24, 2.45) is 5.92 Å². The van der Waals surface area contributed by atoms with E-state index in [1.54, 1.807) is 26.0 Å². The number of alkyl halides is 3. The third kappa shape index (κ3) is 6.71. The molecule has 2 rings (SSSR count). The largest absolute Gasteiger partial charge is 0.417 e. The lowest BCUT2D eigenvalue weighted by molar-refractivity contribution is -0.137. The van der Waals surface area contributed by atoms with E-state index in [0.717, 1.165) is 17.0 Å². The van der Waals surface area contributed by atoms with Crippen LogP contribution < -0.4 is 10.6 Å². The van der Waals surface area contributed by atoms with Gasteiger partial charge in [-0.2, -0.15) is 13.2 Å². The van der Waals surface area contributed by atoms with Gasteiger partial charge in [-0.3, -0.25) is 14.4 Å². The molecule has 0 heterocycles. The zero-order chi connectivity index (χ0) is 23.3. The molecular weight excluding hydrogens is 435 g/mol. The van der Waals surface area contributed by atoms with Crippen LogP contribution in [0, 0.1) is 5.92 Å². The Hall–Kier alpha value is -3.07. The zero-order valence-electron chi connectivity index (χ0n) is 17.0. The number of halogens is 4. The summed E-state index contributed by atoms with van der Waals surface area (Å²) in [5.41, 5.74) is -0.351.